The van der Waals surface area contributed by atoms with E-state index in [2.05, 4.69) is 15.5 Å². The third-order valence-electron chi connectivity index (χ3n) is 3.48. The number of hydrogen-bond acceptors (Lipinski definition) is 5. The third kappa shape index (κ3) is 4.08. The molecule has 0 aliphatic heterocycles. The first kappa shape index (κ1) is 16.4. The standard InChI is InChI=1S/C16H16N6O3/c1-12-8-16(22(24)25)21(19-12)11-15(23)18-14-5-2-4-13(9-14)10-20-7-3-6-17-20/h2-9H,10-11H2,1H3,(H,18,23). The van der Waals surface area contributed by atoms with Crippen LogP contribution in [0.4, 0.5) is 11.5 Å². The fourth-order valence-electron chi connectivity index (χ4n) is 2.46. The van der Waals surface area contributed by atoms with Gasteiger partial charge in [-0.05, 0) is 35.6 Å². The Bertz CT molecular complexity index is 900. The predicted molar refractivity (Wildman–Crippen MR) is 90.0 cm³/mol. The number of aromatic nitrogens is 4. The highest BCUT2D eigenvalue weighted by Gasteiger charge is 2.19. The van der Waals surface area contributed by atoms with Crippen LogP contribution in [0.15, 0.2) is 48.8 Å². The second kappa shape index (κ2) is 6.95. The average Bonchev–Trinajstić information content (AvgIpc) is 3.17. The fraction of sp³-hybridized carbons (Fsp3) is 0.188. The van der Waals surface area contributed by atoms with Crippen molar-refractivity contribution < 1.29 is 9.72 Å². The van der Waals surface area contributed by atoms with Gasteiger partial charge in [0.1, 0.15) is 0 Å². The van der Waals surface area contributed by atoms with Crippen LogP contribution in [0.5, 0.6) is 0 Å². The maximum absolute atomic E-state index is 12.2. The Balaban J connectivity index is 1.68. The molecule has 1 aromatic carbocycles. The van der Waals surface area contributed by atoms with Gasteiger partial charge in [-0.25, -0.2) is 0 Å². The smallest absolute Gasteiger partial charge is 0.345 e. The van der Waals surface area contributed by atoms with Gasteiger partial charge in [0.25, 0.3) is 5.91 Å². The summed E-state index contributed by atoms with van der Waals surface area (Å²) >= 11 is 0. The molecule has 0 bridgehead atoms. The minimum Gasteiger partial charge on any atom is -0.358 e. The van der Waals surface area contributed by atoms with Crippen molar-refractivity contribution in [3.8, 4) is 0 Å². The minimum atomic E-state index is -0.558. The second-order valence-electron chi connectivity index (χ2n) is 5.51. The summed E-state index contributed by atoms with van der Waals surface area (Å²) < 4.78 is 2.86. The minimum absolute atomic E-state index is 0.208. The molecule has 3 rings (SSSR count). The van der Waals surface area contributed by atoms with E-state index in [1.54, 1.807) is 23.9 Å². The molecule has 9 nitrogen and oxygen atoms in total. The molecule has 9 heteroatoms. The molecule has 128 valence electrons. The van der Waals surface area contributed by atoms with Gasteiger partial charge in [-0.3, -0.25) is 9.48 Å². The lowest BCUT2D eigenvalue weighted by Gasteiger charge is -2.07. The number of rotatable bonds is 6. The van der Waals surface area contributed by atoms with Crippen molar-refractivity contribution in [1.82, 2.24) is 19.6 Å². The number of benzene rings is 1. The van der Waals surface area contributed by atoms with Gasteiger partial charge >= 0.3 is 5.82 Å². The molecule has 2 aromatic heterocycles. The first-order valence-electron chi connectivity index (χ1n) is 7.56. The summed E-state index contributed by atoms with van der Waals surface area (Å²) in [4.78, 5) is 22.6. The highest BCUT2D eigenvalue weighted by Crippen LogP contribution is 2.15. The van der Waals surface area contributed by atoms with Gasteiger partial charge in [0.2, 0.25) is 0 Å². The molecule has 0 atom stereocenters. The Morgan fingerprint density at radius 1 is 1.32 bits per heavy atom. The van der Waals surface area contributed by atoms with Crippen LogP contribution in [0.2, 0.25) is 0 Å². The Morgan fingerprint density at radius 2 is 2.16 bits per heavy atom. The van der Waals surface area contributed by atoms with Crippen molar-refractivity contribution in [3.05, 3.63) is 70.2 Å². The van der Waals surface area contributed by atoms with Crippen molar-refractivity contribution >= 4 is 17.4 Å². The van der Waals surface area contributed by atoms with Crippen LogP contribution in [0.1, 0.15) is 11.3 Å². The van der Waals surface area contributed by atoms with Crippen LogP contribution in [0.3, 0.4) is 0 Å². The fourth-order valence-corrected chi connectivity index (χ4v) is 2.46. The molecule has 3 aromatic rings. The molecule has 2 heterocycles. The molecule has 0 saturated heterocycles. The molecular formula is C16H16N6O3. The molecule has 0 radical (unpaired) electrons. The highest BCUT2D eigenvalue weighted by molar-refractivity contribution is 5.90. The monoisotopic (exact) mass is 340 g/mol. The lowest BCUT2D eigenvalue weighted by molar-refractivity contribution is -0.392. The maximum Gasteiger partial charge on any atom is 0.345 e. The van der Waals surface area contributed by atoms with Gasteiger partial charge in [0, 0.05) is 18.1 Å². The average molecular weight is 340 g/mol. The number of amides is 1. The van der Waals surface area contributed by atoms with E-state index in [9.17, 15) is 14.9 Å². The molecule has 1 N–H and O–H groups in total. The molecule has 0 spiro atoms. The zero-order valence-corrected chi connectivity index (χ0v) is 13.5. The molecule has 0 saturated carbocycles. The molecule has 0 unspecified atom stereocenters. The Hall–Kier alpha value is -3.49. The first-order chi connectivity index (χ1) is 12.0. The van der Waals surface area contributed by atoms with E-state index in [0.29, 0.717) is 17.9 Å². The Labute approximate surface area is 143 Å². The first-order valence-corrected chi connectivity index (χ1v) is 7.56. The number of nitrogens with one attached hydrogen (secondary N) is 1. The van der Waals surface area contributed by atoms with Crippen molar-refractivity contribution in [2.24, 2.45) is 0 Å². The van der Waals surface area contributed by atoms with E-state index in [0.717, 1.165) is 10.2 Å². The van der Waals surface area contributed by atoms with Gasteiger partial charge in [0.05, 0.1) is 18.3 Å². The van der Waals surface area contributed by atoms with Crippen LogP contribution in [-0.2, 0) is 17.9 Å². The van der Waals surface area contributed by atoms with E-state index in [4.69, 9.17) is 0 Å². The number of carbonyl (C=O) groups is 1. The van der Waals surface area contributed by atoms with E-state index in [1.807, 2.05) is 30.5 Å². The van der Waals surface area contributed by atoms with Crippen LogP contribution >= 0.6 is 0 Å². The zero-order valence-electron chi connectivity index (χ0n) is 13.5. The van der Waals surface area contributed by atoms with E-state index < -0.39 is 4.92 Å². The molecule has 0 fully saturated rings. The van der Waals surface area contributed by atoms with E-state index in [-0.39, 0.29) is 18.3 Å². The summed E-state index contributed by atoms with van der Waals surface area (Å²) in [5, 5.41) is 21.8. The Morgan fingerprint density at radius 3 is 2.88 bits per heavy atom. The van der Waals surface area contributed by atoms with Gasteiger partial charge in [-0.1, -0.05) is 17.2 Å². The van der Waals surface area contributed by atoms with Crippen molar-refractivity contribution in [3.63, 3.8) is 0 Å². The topological polar surface area (TPSA) is 108 Å². The van der Waals surface area contributed by atoms with E-state index in [1.165, 1.54) is 6.07 Å². The number of carbonyl (C=O) groups excluding carboxylic acids is 1. The third-order valence-corrected chi connectivity index (χ3v) is 3.48. The van der Waals surface area contributed by atoms with Crippen LogP contribution in [0, 0.1) is 17.0 Å². The van der Waals surface area contributed by atoms with Gasteiger partial charge in [-0.2, -0.15) is 5.10 Å². The van der Waals surface area contributed by atoms with Crippen molar-refractivity contribution in [2.45, 2.75) is 20.0 Å². The van der Waals surface area contributed by atoms with E-state index >= 15 is 0 Å². The summed E-state index contributed by atoms with van der Waals surface area (Å²) in [6.45, 7) is 1.99. The Kier molecular flexibility index (Phi) is 4.55. The zero-order chi connectivity index (χ0) is 17.8. The number of nitro groups is 1. The highest BCUT2D eigenvalue weighted by atomic mass is 16.6. The number of aryl methyl sites for hydroxylation is 1. The SMILES string of the molecule is Cc1cc([N+](=O)[O-])n(CC(=O)Nc2cccc(Cn3cccn3)c2)n1. The summed E-state index contributed by atoms with van der Waals surface area (Å²) in [5.74, 6) is -0.595. The van der Waals surface area contributed by atoms with Crippen molar-refractivity contribution in [1.29, 1.82) is 0 Å². The lowest BCUT2D eigenvalue weighted by atomic mass is 10.2. The van der Waals surface area contributed by atoms with Crippen molar-refractivity contribution in [2.75, 3.05) is 5.32 Å². The molecule has 1 amide bonds. The molecule has 0 aliphatic rings. The van der Waals surface area contributed by atoms with Crippen LogP contribution in [0.25, 0.3) is 0 Å². The summed E-state index contributed by atoms with van der Waals surface area (Å²) in [7, 11) is 0. The lowest BCUT2D eigenvalue weighted by Crippen LogP contribution is -2.20. The number of nitrogens with zero attached hydrogens (tertiary/aromatic N) is 5. The summed E-state index contributed by atoms with van der Waals surface area (Å²) in [5.41, 5.74) is 2.07. The molecule has 25 heavy (non-hydrogen) atoms. The number of anilines is 1. The second-order valence-corrected chi connectivity index (χ2v) is 5.51. The summed E-state index contributed by atoms with van der Waals surface area (Å²) in [6.07, 6.45) is 3.55. The van der Waals surface area contributed by atoms with Gasteiger partial charge < -0.3 is 15.4 Å². The quantitative estimate of drug-likeness (QED) is 0.545. The van der Waals surface area contributed by atoms with Crippen LogP contribution < -0.4 is 5.32 Å². The maximum atomic E-state index is 12.2. The van der Waals surface area contributed by atoms with Gasteiger partial charge in [0.15, 0.2) is 6.54 Å². The van der Waals surface area contributed by atoms with Gasteiger partial charge in [-0.15, -0.1) is 4.68 Å². The predicted octanol–water partition coefficient (Wildman–Crippen LogP) is 1.98. The molecule has 0 aliphatic carbocycles. The number of hydrogen-bond donors (Lipinski definition) is 1. The molecular weight excluding hydrogens is 324 g/mol. The normalized spacial score (nSPS) is 10.6. The van der Waals surface area contributed by atoms with Crippen LogP contribution in [-0.4, -0.2) is 30.4 Å². The summed E-state index contributed by atoms with van der Waals surface area (Å²) in [6, 6.07) is 10.5. The largest absolute Gasteiger partial charge is 0.358 e.